The van der Waals surface area contributed by atoms with Crippen molar-refractivity contribution in [2.24, 2.45) is 0 Å². The summed E-state index contributed by atoms with van der Waals surface area (Å²) in [6.45, 7) is 2.07. The van der Waals surface area contributed by atoms with Gasteiger partial charge >= 0.3 is 0 Å². The molecular formula is C11H11NOS2. The zero-order valence-electron chi connectivity index (χ0n) is 8.53. The number of methoxy groups -OCH3 is 1. The molecule has 1 heterocycles. The van der Waals surface area contributed by atoms with E-state index in [1.807, 2.05) is 24.3 Å². The number of ether oxygens (including phenoxy) is 1. The van der Waals surface area contributed by atoms with Gasteiger partial charge in [0.25, 0.3) is 0 Å². The molecule has 1 N–H and O–H groups in total. The fraction of sp³-hybridized carbons (Fsp3) is 0.182. The highest BCUT2D eigenvalue weighted by atomic mass is 32.1. The van der Waals surface area contributed by atoms with Crippen LogP contribution in [0, 0.1) is 10.9 Å². The Morgan fingerprint density at radius 2 is 1.93 bits per heavy atom. The van der Waals surface area contributed by atoms with Gasteiger partial charge in [-0.25, -0.2) is 0 Å². The maximum atomic E-state index is 5.11. The summed E-state index contributed by atoms with van der Waals surface area (Å²) in [7, 11) is 1.67. The molecule has 2 nitrogen and oxygen atoms in total. The predicted molar refractivity (Wildman–Crippen MR) is 66.2 cm³/mol. The van der Waals surface area contributed by atoms with E-state index in [2.05, 4.69) is 11.9 Å². The van der Waals surface area contributed by atoms with Crippen LogP contribution in [0.4, 0.5) is 0 Å². The van der Waals surface area contributed by atoms with Crippen LogP contribution in [0.5, 0.6) is 5.75 Å². The topological polar surface area (TPSA) is 25.0 Å². The van der Waals surface area contributed by atoms with Crippen molar-refractivity contribution >= 4 is 23.6 Å². The fourth-order valence-electron chi connectivity index (χ4n) is 1.44. The van der Waals surface area contributed by atoms with Gasteiger partial charge in [0.2, 0.25) is 0 Å². The summed E-state index contributed by atoms with van der Waals surface area (Å²) >= 11 is 6.71. The van der Waals surface area contributed by atoms with Gasteiger partial charge in [-0.05, 0) is 49.0 Å². The number of H-pyrrole nitrogens is 1. The van der Waals surface area contributed by atoms with Gasteiger partial charge in [-0.3, -0.25) is 0 Å². The Kier molecular flexibility index (Phi) is 2.88. The number of hydrogen-bond acceptors (Lipinski definition) is 3. The van der Waals surface area contributed by atoms with Crippen molar-refractivity contribution in [3.05, 3.63) is 33.1 Å². The molecule has 0 saturated carbocycles. The second-order valence-electron chi connectivity index (χ2n) is 3.17. The summed E-state index contributed by atoms with van der Waals surface area (Å²) in [6, 6.07) is 7.95. The zero-order chi connectivity index (χ0) is 10.8. The Hall–Kier alpha value is -1.13. The third-order valence-electron chi connectivity index (χ3n) is 2.20. The minimum Gasteiger partial charge on any atom is -0.497 e. The Morgan fingerprint density at radius 1 is 1.27 bits per heavy atom. The Bertz CT molecular complexity index is 510. The largest absolute Gasteiger partial charge is 0.497 e. The van der Waals surface area contributed by atoms with Crippen LogP contribution in [0.1, 0.15) is 4.88 Å². The van der Waals surface area contributed by atoms with Gasteiger partial charge in [0.1, 0.15) is 5.75 Å². The smallest absolute Gasteiger partial charge is 0.159 e. The molecule has 0 aliphatic carbocycles. The van der Waals surface area contributed by atoms with Crippen LogP contribution in [-0.2, 0) is 0 Å². The minimum absolute atomic E-state index is 0.818. The Labute approximate surface area is 97.6 Å². The Balaban J connectivity index is 2.45. The van der Waals surface area contributed by atoms with E-state index in [-0.39, 0.29) is 0 Å². The molecule has 0 saturated heterocycles. The molecule has 4 heteroatoms. The Morgan fingerprint density at radius 3 is 2.40 bits per heavy atom. The van der Waals surface area contributed by atoms with Gasteiger partial charge in [-0.1, -0.05) is 0 Å². The molecule has 0 aliphatic rings. The molecule has 0 spiro atoms. The second-order valence-corrected chi connectivity index (χ2v) is 5.07. The number of benzene rings is 1. The van der Waals surface area contributed by atoms with E-state index in [1.165, 1.54) is 4.88 Å². The predicted octanol–water partition coefficient (Wildman–Crippen LogP) is 3.79. The lowest BCUT2D eigenvalue weighted by Gasteiger charge is -2.02. The van der Waals surface area contributed by atoms with E-state index in [4.69, 9.17) is 17.0 Å². The van der Waals surface area contributed by atoms with Crippen LogP contribution >= 0.6 is 23.6 Å². The lowest BCUT2D eigenvalue weighted by molar-refractivity contribution is 0.415. The van der Waals surface area contributed by atoms with Gasteiger partial charge in [0.15, 0.2) is 3.95 Å². The number of aryl methyl sites for hydroxylation is 1. The molecule has 0 unspecified atom stereocenters. The van der Waals surface area contributed by atoms with E-state index < -0.39 is 0 Å². The van der Waals surface area contributed by atoms with Gasteiger partial charge < -0.3 is 9.72 Å². The maximum absolute atomic E-state index is 5.11. The van der Waals surface area contributed by atoms with Gasteiger partial charge in [0, 0.05) is 4.88 Å². The van der Waals surface area contributed by atoms with Crippen LogP contribution in [0.15, 0.2) is 24.3 Å². The van der Waals surface area contributed by atoms with Crippen LogP contribution in [0.2, 0.25) is 0 Å². The normalized spacial score (nSPS) is 10.3. The first-order chi connectivity index (χ1) is 7.20. The summed E-state index contributed by atoms with van der Waals surface area (Å²) in [6.07, 6.45) is 0. The van der Waals surface area contributed by atoms with Gasteiger partial charge in [0.05, 0.1) is 12.8 Å². The molecule has 0 atom stereocenters. The number of aromatic nitrogens is 1. The molecule has 0 fully saturated rings. The highest BCUT2D eigenvalue weighted by Crippen LogP contribution is 2.26. The summed E-state index contributed by atoms with van der Waals surface area (Å²) in [5.74, 6) is 0.866. The summed E-state index contributed by atoms with van der Waals surface area (Å²) < 4.78 is 5.93. The van der Waals surface area contributed by atoms with Crippen molar-refractivity contribution in [2.45, 2.75) is 6.92 Å². The van der Waals surface area contributed by atoms with Gasteiger partial charge in [-0.2, -0.15) is 0 Å². The molecule has 1 aromatic heterocycles. The number of nitrogens with one attached hydrogen (secondary N) is 1. The molecular weight excluding hydrogens is 226 g/mol. The van der Waals surface area contributed by atoms with E-state index >= 15 is 0 Å². The number of thiazole rings is 1. The van der Waals surface area contributed by atoms with Crippen molar-refractivity contribution in [1.29, 1.82) is 0 Å². The van der Waals surface area contributed by atoms with Crippen LogP contribution in [0.25, 0.3) is 11.3 Å². The molecule has 0 bridgehead atoms. The lowest BCUT2D eigenvalue weighted by atomic mass is 10.1. The van der Waals surface area contributed by atoms with Crippen molar-refractivity contribution < 1.29 is 4.74 Å². The SMILES string of the molecule is COc1ccc(-c2[nH]c(=S)sc2C)cc1. The average Bonchev–Trinajstić information content (AvgIpc) is 2.58. The first-order valence-corrected chi connectivity index (χ1v) is 5.77. The van der Waals surface area contributed by atoms with Gasteiger partial charge in [-0.15, -0.1) is 11.3 Å². The molecule has 1 aromatic carbocycles. The summed E-state index contributed by atoms with van der Waals surface area (Å²) in [5, 5.41) is 0. The summed E-state index contributed by atoms with van der Waals surface area (Å²) in [4.78, 5) is 4.40. The molecule has 0 radical (unpaired) electrons. The van der Waals surface area contributed by atoms with Crippen LogP contribution in [-0.4, -0.2) is 12.1 Å². The highest BCUT2D eigenvalue weighted by Gasteiger charge is 2.04. The summed E-state index contributed by atoms with van der Waals surface area (Å²) in [5.41, 5.74) is 2.24. The molecule has 15 heavy (non-hydrogen) atoms. The quantitative estimate of drug-likeness (QED) is 0.804. The first kappa shape index (κ1) is 10.4. The first-order valence-electron chi connectivity index (χ1n) is 4.55. The molecule has 0 amide bonds. The average molecular weight is 237 g/mol. The number of aromatic amines is 1. The molecule has 2 aromatic rings. The van der Waals surface area contributed by atoms with E-state index in [0.29, 0.717) is 0 Å². The molecule has 0 aliphatic heterocycles. The third kappa shape index (κ3) is 2.11. The lowest BCUT2D eigenvalue weighted by Crippen LogP contribution is -1.83. The monoisotopic (exact) mass is 237 g/mol. The van der Waals surface area contributed by atoms with E-state index in [9.17, 15) is 0 Å². The number of hydrogen-bond donors (Lipinski definition) is 1. The van der Waals surface area contributed by atoms with Crippen molar-refractivity contribution in [1.82, 2.24) is 4.98 Å². The number of rotatable bonds is 2. The van der Waals surface area contributed by atoms with Crippen LogP contribution in [0.3, 0.4) is 0 Å². The molecule has 2 rings (SSSR count). The van der Waals surface area contributed by atoms with E-state index in [1.54, 1.807) is 18.4 Å². The highest BCUT2D eigenvalue weighted by molar-refractivity contribution is 7.73. The van der Waals surface area contributed by atoms with Crippen molar-refractivity contribution in [3.8, 4) is 17.0 Å². The standard InChI is InChI=1S/C11H11NOS2/c1-7-10(12-11(14)15-7)8-3-5-9(13-2)6-4-8/h3-6H,1-2H3,(H,12,14). The second kappa shape index (κ2) is 4.16. The van der Waals surface area contributed by atoms with Crippen molar-refractivity contribution in [2.75, 3.05) is 7.11 Å². The third-order valence-corrected chi connectivity index (χ3v) is 3.35. The maximum Gasteiger partial charge on any atom is 0.159 e. The van der Waals surface area contributed by atoms with E-state index in [0.717, 1.165) is 21.0 Å². The zero-order valence-corrected chi connectivity index (χ0v) is 10.2. The van der Waals surface area contributed by atoms with Crippen LogP contribution < -0.4 is 4.74 Å². The van der Waals surface area contributed by atoms with Crippen molar-refractivity contribution in [3.63, 3.8) is 0 Å². The minimum atomic E-state index is 0.818. The molecule has 78 valence electrons. The fourth-order valence-corrected chi connectivity index (χ4v) is 2.62.